The molecule has 3 nitrogen and oxygen atoms in total. The van der Waals surface area contributed by atoms with Gasteiger partial charge in [0.1, 0.15) is 5.54 Å². The molecule has 0 aromatic heterocycles. The standard InChI is InChI=1S/C13H25N3/c1-5-16(8-11(2)3)10-13(9-14,15-4)12-6-7-12/h11-12,15H,5-8,10H2,1-4H3. The van der Waals surface area contributed by atoms with Crippen LogP contribution in [0.4, 0.5) is 0 Å². The van der Waals surface area contributed by atoms with Gasteiger partial charge in [0.05, 0.1) is 6.07 Å². The Labute approximate surface area is 99.8 Å². The Morgan fingerprint density at radius 3 is 2.44 bits per heavy atom. The van der Waals surface area contributed by atoms with Crippen LogP contribution in [-0.2, 0) is 0 Å². The van der Waals surface area contributed by atoms with Gasteiger partial charge in [-0.05, 0) is 38.3 Å². The van der Waals surface area contributed by atoms with E-state index in [1.165, 1.54) is 12.8 Å². The van der Waals surface area contributed by atoms with Gasteiger partial charge >= 0.3 is 0 Å². The van der Waals surface area contributed by atoms with Gasteiger partial charge in [0, 0.05) is 13.1 Å². The summed E-state index contributed by atoms with van der Waals surface area (Å²) in [7, 11) is 1.92. The van der Waals surface area contributed by atoms with Crippen LogP contribution in [0.1, 0.15) is 33.6 Å². The van der Waals surface area contributed by atoms with Gasteiger partial charge < -0.3 is 10.2 Å². The number of rotatable bonds is 7. The zero-order chi connectivity index (χ0) is 12.2. The molecule has 1 aliphatic rings. The summed E-state index contributed by atoms with van der Waals surface area (Å²) in [6.07, 6.45) is 2.40. The molecule has 1 aliphatic carbocycles. The average Bonchev–Trinajstić information content (AvgIpc) is 3.08. The predicted molar refractivity (Wildman–Crippen MR) is 67.1 cm³/mol. The fourth-order valence-corrected chi connectivity index (χ4v) is 2.35. The highest BCUT2D eigenvalue weighted by Crippen LogP contribution is 2.39. The molecule has 1 rings (SSSR count). The first-order valence-corrected chi connectivity index (χ1v) is 6.40. The monoisotopic (exact) mass is 223 g/mol. The minimum atomic E-state index is -0.315. The van der Waals surface area contributed by atoms with Crippen molar-refractivity contribution in [2.24, 2.45) is 11.8 Å². The summed E-state index contributed by atoms with van der Waals surface area (Å²) in [6.45, 7) is 9.59. The Bertz CT molecular complexity index is 252. The minimum absolute atomic E-state index is 0.315. The minimum Gasteiger partial charge on any atom is -0.301 e. The molecule has 0 saturated heterocycles. The summed E-state index contributed by atoms with van der Waals surface area (Å²) >= 11 is 0. The molecule has 0 amide bonds. The van der Waals surface area contributed by atoms with Crippen LogP contribution in [0, 0.1) is 23.2 Å². The SMILES string of the molecule is CCN(CC(C)C)CC(C#N)(NC)C1CC1. The fourth-order valence-electron chi connectivity index (χ4n) is 2.35. The first-order valence-electron chi connectivity index (χ1n) is 6.40. The molecule has 16 heavy (non-hydrogen) atoms. The first-order chi connectivity index (χ1) is 7.57. The van der Waals surface area contributed by atoms with E-state index in [2.05, 4.69) is 37.1 Å². The van der Waals surface area contributed by atoms with Gasteiger partial charge in [-0.1, -0.05) is 20.8 Å². The molecule has 1 atom stereocenters. The lowest BCUT2D eigenvalue weighted by Crippen LogP contribution is -2.53. The van der Waals surface area contributed by atoms with Gasteiger partial charge in [0.25, 0.3) is 0 Å². The Balaban J connectivity index is 2.62. The van der Waals surface area contributed by atoms with Gasteiger partial charge in [0.15, 0.2) is 0 Å². The Hall–Kier alpha value is -0.590. The molecule has 0 heterocycles. The van der Waals surface area contributed by atoms with E-state index < -0.39 is 0 Å². The highest BCUT2D eigenvalue weighted by Gasteiger charge is 2.45. The summed E-state index contributed by atoms with van der Waals surface area (Å²) in [5, 5.41) is 12.7. The number of hydrogen-bond donors (Lipinski definition) is 1. The van der Waals surface area contributed by atoms with Gasteiger partial charge in [-0.3, -0.25) is 0 Å². The number of likely N-dealkylation sites (N-methyl/N-ethyl adjacent to an activating group) is 2. The Morgan fingerprint density at radius 2 is 2.12 bits per heavy atom. The van der Waals surface area contributed by atoms with Crippen LogP contribution in [-0.4, -0.2) is 37.1 Å². The van der Waals surface area contributed by atoms with Crippen LogP contribution in [0.2, 0.25) is 0 Å². The molecular weight excluding hydrogens is 198 g/mol. The maximum absolute atomic E-state index is 9.43. The van der Waals surface area contributed by atoms with Crippen LogP contribution in [0.3, 0.4) is 0 Å². The Morgan fingerprint density at radius 1 is 1.50 bits per heavy atom. The van der Waals surface area contributed by atoms with E-state index in [-0.39, 0.29) is 5.54 Å². The van der Waals surface area contributed by atoms with E-state index in [1.54, 1.807) is 0 Å². The van der Waals surface area contributed by atoms with Crippen molar-refractivity contribution in [2.75, 3.05) is 26.7 Å². The molecule has 1 N–H and O–H groups in total. The molecule has 0 spiro atoms. The van der Waals surface area contributed by atoms with Gasteiger partial charge in [-0.2, -0.15) is 5.26 Å². The van der Waals surface area contributed by atoms with Crippen molar-refractivity contribution >= 4 is 0 Å². The zero-order valence-corrected chi connectivity index (χ0v) is 11.1. The fraction of sp³-hybridized carbons (Fsp3) is 0.923. The van der Waals surface area contributed by atoms with Crippen molar-refractivity contribution in [1.29, 1.82) is 5.26 Å². The molecule has 0 aromatic carbocycles. The zero-order valence-electron chi connectivity index (χ0n) is 11.1. The van der Waals surface area contributed by atoms with Crippen molar-refractivity contribution in [2.45, 2.75) is 39.2 Å². The predicted octanol–water partition coefficient (Wildman–Crippen LogP) is 1.86. The molecule has 3 heteroatoms. The molecule has 1 unspecified atom stereocenters. The van der Waals surface area contributed by atoms with E-state index in [0.717, 1.165) is 19.6 Å². The van der Waals surface area contributed by atoms with Crippen molar-refractivity contribution < 1.29 is 0 Å². The van der Waals surface area contributed by atoms with Crippen LogP contribution < -0.4 is 5.32 Å². The van der Waals surface area contributed by atoms with Crippen molar-refractivity contribution in [3.05, 3.63) is 0 Å². The maximum atomic E-state index is 9.43. The number of nitrogens with one attached hydrogen (secondary N) is 1. The summed E-state index contributed by atoms with van der Waals surface area (Å²) in [5.41, 5.74) is -0.315. The lowest BCUT2D eigenvalue weighted by atomic mass is 9.94. The smallest absolute Gasteiger partial charge is 0.122 e. The molecule has 0 aromatic rings. The second-order valence-electron chi connectivity index (χ2n) is 5.33. The van der Waals surface area contributed by atoms with E-state index in [9.17, 15) is 5.26 Å². The largest absolute Gasteiger partial charge is 0.301 e. The lowest BCUT2D eigenvalue weighted by Gasteiger charge is -2.33. The first kappa shape index (κ1) is 13.5. The van der Waals surface area contributed by atoms with Gasteiger partial charge in [-0.25, -0.2) is 0 Å². The second kappa shape index (κ2) is 5.65. The van der Waals surface area contributed by atoms with E-state index in [4.69, 9.17) is 0 Å². The summed E-state index contributed by atoms with van der Waals surface area (Å²) in [5.74, 6) is 1.22. The lowest BCUT2D eigenvalue weighted by molar-refractivity contribution is 0.192. The molecule has 0 bridgehead atoms. The third kappa shape index (κ3) is 3.20. The summed E-state index contributed by atoms with van der Waals surface area (Å²) in [4.78, 5) is 2.39. The highest BCUT2D eigenvalue weighted by atomic mass is 15.2. The van der Waals surface area contributed by atoms with Crippen LogP contribution in [0.25, 0.3) is 0 Å². The molecular formula is C13H25N3. The molecule has 0 aliphatic heterocycles. The van der Waals surface area contributed by atoms with Crippen molar-refractivity contribution in [3.8, 4) is 6.07 Å². The molecule has 1 fully saturated rings. The highest BCUT2D eigenvalue weighted by molar-refractivity contribution is 5.16. The van der Waals surface area contributed by atoms with E-state index in [0.29, 0.717) is 11.8 Å². The third-order valence-corrected chi connectivity index (χ3v) is 3.46. The van der Waals surface area contributed by atoms with Gasteiger partial charge in [-0.15, -0.1) is 0 Å². The quantitative estimate of drug-likeness (QED) is 0.716. The summed E-state index contributed by atoms with van der Waals surface area (Å²) < 4.78 is 0. The van der Waals surface area contributed by atoms with Crippen LogP contribution in [0.5, 0.6) is 0 Å². The molecule has 92 valence electrons. The summed E-state index contributed by atoms with van der Waals surface area (Å²) in [6, 6.07) is 2.51. The van der Waals surface area contributed by atoms with Crippen molar-refractivity contribution in [3.63, 3.8) is 0 Å². The van der Waals surface area contributed by atoms with E-state index in [1.807, 2.05) is 7.05 Å². The molecule has 0 radical (unpaired) electrons. The number of nitrogens with zero attached hydrogens (tertiary/aromatic N) is 2. The van der Waals surface area contributed by atoms with Crippen LogP contribution >= 0.6 is 0 Å². The van der Waals surface area contributed by atoms with Crippen LogP contribution in [0.15, 0.2) is 0 Å². The average molecular weight is 223 g/mol. The third-order valence-electron chi connectivity index (χ3n) is 3.46. The molecule has 1 saturated carbocycles. The van der Waals surface area contributed by atoms with E-state index >= 15 is 0 Å². The Kier molecular flexibility index (Phi) is 4.76. The topological polar surface area (TPSA) is 39.1 Å². The second-order valence-corrected chi connectivity index (χ2v) is 5.33. The number of nitriles is 1. The number of hydrogen-bond acceptors (Lipinski definition) is 3. The normalized spacial score (nSPS) is 19.8. The maximum Gasteiger partial charge on any atom is 0.122 e. The van der Waals surface area contributed by atoms with Crippen molar-refractivity contribution in [1.82, 2.24) is 10.2 Å². The van der Waals surface area contributed by atoms with Gasteiger partial charge in [0.2, 0.25) is 0 Å².